The van der Waals surface area contributed by atoms with E-state index in [0.717, 1.165) is 6.07 Å². The van der Waals surface area contributed by atoms with Crippen molar-refractivity contribution in [2.75, 3.05) is 5.32 Å². The molecule has 0 aliphatic rings. The van der Waals surface area contributed by atoms with Crippen molar-refractivity contribution in [2.24, 2.45) is 0 Å². The van der Waals surface area contributed by atoms with E-state index in [1.807, 2.05) is 0 Å². The van der Waals surface area contributed by atoms with Gasteiger partial charge in [0.15, 0.2) is 0 Å². The third-order valence-electron chi connectivity index (χ3n) is 3.26. The molecule has 1 N–H and O–H groups in total. The van der Waals surface area contributed by atoms with E-state index in [0.29, 0.717) is 5.56 Å². The number of hydrogen-bond acceptors (Lipinski definition) is 2. The van der Waals surface area contributed by atoms with E-state index in [1.165, 1.54) is 30.7 Å². The van der Waals surface area contributed by atoms with Gasteiger partial charge in [0.1, 0.15) is 0 Å². The molecule has 1 amide bonds. The molecule has 0 fully saturated rings. The van der Waals surface area contributed by atoms with Gasteiger partial charge < -0.3 is 9.73 Å². The lowest BCUT2D eigenvalue weighted by atomic mass is 9.85. The maximum Gasteiger partial charge on any atom is 0.348 e. The van der Waals surface area contributed by atoms with Crippen LogP contribution in [-0.2, 0) is 15.6 Å². The second-order valence-electron chi connectivity index (χ2n) is 5.17. The molecule has 2 aromatic rings. The van der Waals surface area contributed by atoms with E-state index in [-0.39, 0.29) is 17.2 Å². The number of anilines is 1. The van der Waals surface area contributed by atoms with Crippen molar-refractivity contribution in [1.82, 2.24) is 0 Å². The van der Waals surface area contributed by atoms with Crippen molar-refractivity contribution < 1.29 is 18.0 Å². The summed E-state index contributed by atoms with van der Waals surface area (Å²) in [5.74, 6) is -0.334. The van der Waals surface area contributed by atoms with E-state index in [4.69, 9.17) is 16.0 Å². The molecule has 1 aromatic heterocycles. The number of nitrogens with one attached hydrogen (secondary N) is 1. The number of furan rings is 1. The number of benzene rings is 1. The number of hydrogen-bond donors (Lipinski definition) is 1. The third-order valence-corrected chi connectivity index (χ3v) is 3.48. The molecule has 0 aliphatic heterocycles. The summed E-state index contributed by atoms with van der Waals surface area (Å²) in [4.78, 5) is 12.3. The van der Waals surface area contributed by atoms with Crippen molar-refractivity contribution in [1.29, 1.82) is 0 Å². The van der Waals surface area contributed by atoms with E-state index >= 15 is 0 Å². The Balaban J connectivity index is 2.21. The maximum atomic E-state index is 13.1. The van der Waals surface area contributed by atoms with Crippen LogP contribution in [0.4, 0.5) is 14.5 Å². The normalized spacial score (nSPS) is 12.2. The zero-order valence-corrected chi connectivity index (χ0v) is 12.2. The van der Waals surface area contributed by atoms with E-state index < -0.39 is 10.8 Å². The summed E-state index contributed by atoms with van der Waals surface area (Å²) < 4.78 is 31.1. The van der Waals surface area contributed by atoms with Gasteiger partial charge in [-0.25, -0.2) is 0 Å². The van der Waals surface area contributed by atoms with Gasteiger partial charge >= 0.3 is 5.38 Å². The molecule has 6 heteroatoms. The van der Waals surface area contributed by atoms with Gasteiger partial charge in [-0.05, 0) is 43.6 Å². The lowest BCUT2D eigenvalue weighted by Gasteiger charge is -2.22. The average Bonchev–Trinajstić information content (AvgIpc) is 2.92. The van der Waals surface area contributed by atoms with Crippen molar-refractivity contribution in [2.45, 2.75) is 24.6 Å². The van der Waals surface area contributed by atoms with Crippen LogP contribution in [0.2, 0.25) is 0 Å². The van der Waals surface area contributed by atoms with Crippen LogP contribution in [0.15, 0.2) is 47.3 Å². The zero-order valence-electron chi connectivity index (χ0n) is 11.5. The summed E-state index contributed by atoms with van der Waals surface area (Å²) in [7, 11) is 0. The summed E-state index contributed by atoms with van der Waals surface area (Å²) in [5, 5.41) is -0.861. The highest BCUT2D eigenvalue weighted by Crippen LogP contribution is 2.34. The molecule has 0 radical (unpaired) electrons. The van der Waals surface area contributed by atoms with Gasteiger partial charge in [-0.3, -0.25) is 4.79 Å². The van der Waals surface area contributed by atoms with Crippen molar-refractivity contribution in [3.05, 3.63) is 54.0 Å². The number of rotatable bonds is 4. The van der Waals surface area contributed by atoms with Gasteiger partial charge in [-0.1, -0.05) is 12.1 Å². The fourth-order valence-electron chi connectivity index (χ4n) is 1.81. The fourth-order valence-corrected chi connectivity index (χ4v) is 1.93. The second kappa shape index (κ2) is 5.48. The number of halogens is 3. The Morgan fingerprint density at radius 1 is 1.24 bits per heavy atom. The summed E-state index contributed by atoms with van der Waals surface area (Å²) >= 11 is 4.98. The Labute approximate surface area is 125 Å². The number of amides is 1. The highest BCUT2D eigenvalue weighted by atomic mass is 35.5. The monoisotopic (exact) mass is 313 g/mol. The molecule has 0 spiro atoms. The Kier molecular flexibility index (Phi) is 4.05. The Morgan fingerprint density at radius 3 is 2.52 bits per heavy atom. The molecule has 0 saturated heterocycles. The summed E-state index contributed by atoms with van der Waals surface area (Å²) in [6.45, 7) is 3.43. The fraction of sp³-hybridized carbons (Fsp3) is 0.267. The van der Waals surface area contributed by atoms with E-state index in [1.54, 1.807) is 19.9 Å². The number of alkyl halides is 3. The highest BCUT2D eigenvalue weighted by Gasteiger charge is 2.32. The lowest BCUT2D eigenvalue weighted by molar-refractivity contribution is -0.120. The van der Waals surface area contributed by atoms with Crippen molar-refractivity contribution in [3.8, 4) is 0 Å². The van der Waals surface area contributed by atoms with Crippen molar-refractivity contribution >= 4 is 23.2 Å². The first-order valence-electron chi connectivity index (χ1n) is 6.22. The van der Waals surface area contributed by atoms with E-state index in [2.05, 4.69) is 5.32 Å². The minimum atomic E-state index is -3.47. The number of carbonyl (C=O) groups excluding carboxylic acids is 1. The highest BCUT2D eigenvalue weighted by molar-refractivity contribution is 6.21. The SMILES string of the molecule is CC(C)(C(=O)Nc1cccc(C(F)(F)Cl)c1)c1ccoc1. The van der Waals surface area contributed by atoms with Crippen molar-refractivity contribution in [3.63, 3.8) is 0 Å². The van der Waals surface area contributed by atoms with Gasteiger partial charge in [0, 0.05) is 16.8 Å². The van der Waals surface area contributed by atoms with Crippen LogP contribution < -0.4 is 5.32 Å². The molecule has 112 valence electrons. The van der Waals surface area contributed by atoms with Crippen LogP contribution in [0.25, 0.3) is 0 Å². The molecule has 2 rings (SSSR count). The molecule has 21 heavy (non-hydrogen) atoms. The summed E-state index contributed by atoms with van der Waals surface area (Å²) in [5.41, 5.74) is -0.275. The van der Waals surface area contributed by atoms with E-state index in [9.17, 15) is 13.6 Å². The van der Waals surface area contributed by atoms with Gasteiger partial charge in [0.05, 0.1) is 17.9 Å². The van der Waals surface area contributed by atoms with Crippen LogP contribution in [0.5, 0.6) is 0 Å². The predicted octanol–water partition coefficient (Wildman–Crippen LogP) is 4.48. The molecule has 0 atom stereocenters. The molecule has 0 bridgehead atoms. The standard InChI is InChI=1S/C15H14ClF2NO2/c1-14(2,11-6-7-21-9-11)13(20)19-12-5-3-4-10(8-12)15(16,17)18/h3-9H,1-2H3,(H,19,20). The van der Waals surface area contributed by atoms with Gasteiger partial charge in [0.2, 0.25) is 5.91 Å². The molecule has 0 aliphatic carbocycles. The first-order valence-corrected chi connectivity index (χ1v) is 6.60. The maximum absolute atomic E-state index is 13.1. The third kappa shape index (κ3) is 3.42. The smallest absolute Gasteiger partial charge is 0.348 e. The van der Waals surface area contributed by atoms with Gasteiger partial charge in [-0.2, -0.15) is 8.78 Å². The van der Waals surface area contributed by atoms with Crippen LogP contribution >= 0.6 is 11.6 Å². The van der Waals surface area contributed by atoms with Gasteiger partial charge in [0.25, 0.3) is 0 Å². The minimum Gasteiger partial charge on any atom is -0.472 e. The molecule has 1 heterocycles. The molecular formula is C15H14ClF2NO2. The van der Waals surface area contributed by atoms with Crippen LogP contribution in [0.1, 0.15) is 25.0 Å². The second-order valence-corrected chi connectivity index (χ2v) is 5.64. The Bertz CT molecular complexity index is 633. The molecule has 0 unspecified atom stereocenters. The molecule has 1 aromatic carbocycles. The molecule has 0 saturated carbocycles. The lowest BCUT2D eigenvalue weighted by Crippen LogP contribution is -2.34. The summed E-state index contributed by atoms with van der Waals surface area (Å²) in [6.07, 6.45) is 2.95. The Morgan fingerprint density at radius 2 is 1.95 bits per heavy atom. The minimum absolute atomic E-state index is 0.259. The first-order chi connectivity index (χ1) is 9.71. The molecule has 3 nitrogen and oxygen atoms in total. The summed E-state index contributed by atoms with van der Waals surface area (Å²) in [6, 6.07) is 6.96. The largest absolute Gasteiger partial charge is 0.472 e. The van der Waals surface area contributed by atoms with Crippen LogP contribution in [0, 0.1) is 0 Å². The van der Waals surface area contributed by atoms with Gasteiger partial charge in [-0.15, -0.1) is 0 Å². The zero-order chi connectivity index (χ0) is 15.7. The van der Waals surface area contributed by atoms with Crippen LogP contribution in [-0.4, -0.2) is 5.91 Å². The molecular weight excluding hydrogens is 300 g/mol. The predicted molar refractivity (Wildman–Crippen MR) is 76.6 cm³/mol. The topological polar surface area (TPSA) is 42.2 Å². The number of carbonyl (C=O) groups is 1. The Hall–Kier alpha value is -1.88. The average molecular weight is 314 g/mol. The van der Waals surface area contributed by atoms with Crippen LogP contribution in [0.3, 0.4) is 0 Å². The quantitative estimate of drug-likeness (QED) is 0.845. The first kappa shape index (κ1) is 15.5.